The van der Waals surface area contributed by atoms with E-state index in [0.29, 0.717) is 11.8 Å². The second-order valence-corrected chi connectivity index (χ2v) is 3.91. The van der Waals surface area contributed by atoms with Gasteiger partial charge in [-0.3, -0.25) is 19.8 Å². The Hall–Kier alpha value is -0.510. The number of nitrogens with zero attached hydrogens (tertiary/aromatic N) is 1. The molecule has 0 aliphatic heterocycles. The van der Waals surface area contributed by atoms with Crippen molar-refractivity contribution in [2.24, 2.45) is 5.84 Å². The first-order valence-electron chi connectivity index (χ1n) is 3.68. The van der Waals surface area contributed by atoms with E-state index in [-0.39, 0.29) is 35.5 Å². The molecule has 1 heterocycles. The fourth-order valence-corrected chi connectivity index (χ4v) is 0.587. The molecule has 9 heteroatoms. The Morgan fingerprint density at radius 3 is 2.12 bits per heavy atom. The Bertz CT molecular complexity index is 401. The summed E-state index contributed by atoms with van der Waals surface area (Å²) in [7, 11) is -3.67. The summed E-state index contributed by atoms with van der Waals surface area (Å²) in [6.07, 6.45) is 3.78. The van der Waals surface area contributed by atoms with Crippen molar-refractivity contribution in [2.75, 3.05) is 6.26 Å². The number of aromatic nitrogens is 1. The van der Waals surface area contributed by atoms with Gasteiger partial charge in [0.2, 0.25) is 0 Å². The molecule has 0 saturated heterocycles. The number of hydrogen-bond donors (Lipinski definition) is 3. The van der Waals surface area contributed by atoms with Crippen LogP contribution in [0, 0.1) is 0 Å². The summed E-state index contributed by atoms with van der Waals surface area (Å²) in [5.41, 5.74) is 2.53. The quantitative estimate of drug-likeness (QED) is 0.186. The van der Waals surface area contributed by atoms with Crippen molar-refractivity contribution in [1.82, 2.24) is 10.4 Å². The van der Waals surface area contributed by atoms with Crippen molar-refractivity contribution in [3.8, 4) is 0 Å². The van der Waals surface area contributed by atoms with Crippen molar-refractivity contribution in [2.45, 2.75) is 0 Å². The molecule has 0 aliphatic rings. The molecule has 1 aromatic rings. The third-order valence-corrected chi connectivity index (χ3v) is 1.07. The molecule has 16 heavy (non-hydrogen) atoms. The molecule has 1 rings (SSSR count). The van der Waals surface area contributed by atoms with Crippen LogP contribution in [0.4, 0.5) is 0 Å². The van der Waals surface area contributed by atoms with E-state index in [1.807, 2.05) is 5.43 Å². The molecule has 0 saturated carbocycles. The van der Waals surface area contributed by atoms with E-state index in [1.165, 1.54) is 12.4 Å². The maximum atomic E-state index is 10.7. The average Bonchev–Trinajstić information content (AvgIpc) is 2.15. The van der Waals surface area contributed by atoms with Gasteiger partial charge in [-0.15, -0.1) is 0 Å². The number of hydrogen-bond acceptors (Lipinski definition) is 5. The van der Waals surface area contributed by atoms with Crippen LogP contribution in [-0.4, -0.2) is 59.7 Å². The summed E-state index contributed by atoms with van der Waals surface area (Å²) in [4.78, 5) is 14.5. The Labute approximate surface area is 115 Å². The van der Waals surface area contributed by atoms with Crippen LogP contribution in [-0.2, 0) is 10.1 Å². The van der Waals surface area contributed by atoms with Crippen molar-refractivity contribution in [1.29, 1.82) is 0 Å². The second kappa shape index (κ2) is 8.62. The van der Waals surface area contributed by atoms with Gasteiger partial charge in [-0.2, -0.15) is 8.42 Å². The molecule has 4 N–H and O–H groups in total. The van der Waals surface area contributed by atoms with E-state index in [0.717, 1.165) is 0 Å². The van der Waals surface area contributed by atoms with Crippen molar-refractivity contribution in [3.63, 3.8) is 0 Å². The monoisotopic (exact) mass is 257 g/mol. The zero-order valence-electron chi connectivity index (χ0n) is 7.91. The number of hydrazine groups is 1. The van der Waals surface area contributed by atoms with Crippen LogP contribution >= 0.6 is 0 Å². The molecule has 0 atom stereocenters. The van der Waals surface area contributed by atoms with Crippen LogP contribution < -0.4 is 11.3 Å². The third kappa shape index (κ3) is 11.6. The van der Waals surface area contributed by atoms with Gasteiger partial charge in [0.25, 0.3) is 16.0 Å². The Balaban J connectivity index is 0. The summed E-state index contributed by atoms with van der Waals surface area (Å²) in [5, 5.41) is 0. The molecular formula is C7H12N3NaO4S. The molecule has 0 aliphatic carbocycles. The first kappa shape index (κ1) is 17.9. The summed E-state index contributed by atoms with van der Waals surface area (Å²) >= 11 is 0. The fraction of sp³-hybridized carbons (Fsp3) is 0.143. The van der Waals surface area contributed by atoms with Gasteiger partial charge >= 0.3 is 29.6 Å². The van der Waals surface area contributed by atoms with E-state index in [4.69, 9.17) is 10.4 Å². The number of carbonyl (C=O) groups excluding carboxylic acids is 1. The van der Waals surface area contributed by atoms with Crippen LogP contribution in [0.15, 0.2) is 24.5 Å². The number of carbonyl (C=O) groups is 1. The SMILES string of the molecule is CS(=O)(=O)O.NNC(=O)c1ccncc1.[NaH]. The summed E-state index contributed by atoms with van der Waals surface area (Å²) in [6, 6.07) is 3.17. The molecule has 86 valence electrons. The van der Waals surface area contributed by atoms with Crippen LogP contribution in [0.2, 0.25) is 0 Å². The number of nitrogens with two attached hydrogens (primary N) is 1. The number of rotatable bonds is 1. The number of amides is 1. The van der Waals surface area contributed by atoms with E-state index in [9.17, 15) is 13.2 Å². The summed E-state index contributed by atoms with van der Waals surface area (Å²) in [6.45, 7) is 0. The van der Waals surface area contributed by atoms with Crippen LogP contribution in [0.25, 0.3) is 0 Å². The van der Waals surface area contributed by atoms with Crippen molar-refractivity contribution < 1.29 is 17.8 Å². The van der Waals surface area contributed by atoms with E-state index in [1.54, 1.807) is 12.1 Å². The topological polar surface area (TPSA) is 122 Å². The summed E-state index contributed by atoms with van der Waals surface area (Å²) < 4.78 is 25.9. The zero-order valence-corrected chi connectivity index (χ0v) is 8.73. The zero-order chi connectivity index (χ0) is 11.9. The van der Waals surface area contributed by atoms with Crippen LogP contribution in [0.1, 0.15) is 10.4 Å². The molecular weight excluding hydrogens is 245 g/mol. The Kier molecular flexibility index (Phi) is 9.63. The van der Waals surface area contributed by atoms with Gasteiger partial charge in [0, 0.05) is 18.0 Å². The number of pyridine rings is 1. The molecule has 0 bridgehead atoms. The molecule has 1 aromatic heterocycles. The maximum absolute atomic E-state index is 10.7. The fourth-order valence-electron chi connectivity index (χ4n) is 0.587. The van der Waals surface area contributed by atoms with Crippen LogP contribution in [0.3, 0.4) is 0 Å². The standard InChI is InChI=1S/C6H7N3O.CH4O3S.Na.H/c7-9-6(10)5-1-3-8-4-2-5;1-5(2,3)4;;/h1-4H,7H2,(H,9,10);1H3,(H,2,3,4);;. The first-order valence-corrected chi connectivity index (χ1v) is 5.53. The van der Waals surface area contributed by atoms with Crippen LogP contribution in [0.5, 0.6) is 0 Å². The molecule has 0 fully saturated rings. The Morgan fingerprint density at radius 2 is 1.81 bits per heavy atom. The van der Waals surface area contributed by atoms with Gasteiger partial charge < -0.3 is 0 Å². The van der Waals surface area contributed by atoms with Gasteiger partial charge in [0.1, 0.15) is 0 Å². The first-order chi connectivity index (χ1) is 6.84. The van der Waals surface area contributed by atoms with Gasteiger partial charge in [-0.25, -0.2) is 5.84 Å². The molecule has 7 nitrogen and oxygen atoms in total. The number of nitrogens with one attached hydrogen (secondary N) is 1. The summed E-state index contributed by atoms with van der Waals surface area (Å²) in [5.74, 6) is 4.58. The predicted octanol–water partition coefficient (Wildman–Crippen LogP) is -1.46. The minimum absolute atomic E-state index is 0. The predicted molar refractivity (Wildman–Crippen MR) is 60.5 cm³/mol. The molecule has 0 spiro atoms. The van der Waals surface area contributed by atoms with E-state index >= 15 is 0 Å². The molecule has 1 amide bonds. The molecule has 0 aromatic carbocycles. The number of nitrogen functional groups attached to an aromatic ring is 1. The van der Waals surface area contributed by atoms with E-state index < -0.39 is 10.1 Å². The Morgan fingerprint density at radius 1 is 1.44 bits per heavy atom. The third-order valence-electron chi connectivity index (χ3n) is 1.07. The van der Waals surface area contributed by atoms with Crippen molar-refractivity contribution >= 4 is 45.6 Å². The molecule has 0 unspecified atom stereocenters. The van der Waals surface area contributed by atoms with Crippen molar-refractivity contribution in [3.05, 3.63) is 30.1 Å². The van der Waals surface area contributed by atoms with Gasteiger partial charge in [-0.05, 0) is 12.1 Å². The molecule has 0 radical (unpaired) electrons. The van der Waals surface area contributed by atoms with Gasteiger partial charge in [-0.1, -0.05) is 0 Å². The second-order valence-electron chi connectivity index (χ2n) is 2.44. The van der Waals surface area contributed by atoms with Gasteiger partial charge in [0.15, 0.2) is 0 Å². The van der Waals surface area contributed by atoms with E-state index in [2.05, 4.69) is 4.98 Å². The normalized spacial score (nSPS) is 9.19. The average molecular weight is 257 g/mol. The minimum atomic E-state index is -3.67. The van der Waals surface area contributed by atoms with Gasteiger partial charge in [0.05, 0.1) is 6.26 Å².